The van der Waals surface area contributed by atoms with E-state index in [1.807, 2.05) is 24.3 Å². The molecule has 140 valence electrons. The zero-order chi connectivity index (χ0) is 18.9. The maximum absolute atomic E-state index is 12.2. The molecule has 6 nitrogen and oxygen atoms in total. The van der Waals surface area contributed by atoms with Gasteiger partial charge in [-0.1, -0.05) is 19.9 Å². The Morgan fingerprint density at radius 3 is 2.50 bits per heavy atom. The molecule has 0 saturated carbocycles. The molecule has 6 heteroatoms. The minimum atomic E-state index is -0.180. The predicted molar refractivity (Wildman–Crippen MR) is 103 cm³/mol. The average Bonchev–Trinajstić information content (AvgIpc) is 2.66. The molecule has 0 saturated heterocycles. The predicted octanol–water partition coefficient (Wildman–Crippen LogP) is 3.14. The van der Waals surface area contributed by atoms with Gasteiger partial charge in [0, 0.05) is 13.1 Å². The average molecular weight is 357 g/mol. The van der Waals surface area contributed by atoms with Crippen molar-refractivity contribution in [1.29, 1.82) is 0 Å². The van der Waals surface area contributed by atoms with Gasteiger partial charge in [-0.15, -0.1) is 0 Å². The Morgan fingerprint density at radius 1 is 1.12 bits per heavy atom. The number of nitrogens with zero attached hydrogens (tertiary/aromatic N) is 1. The molecule has 2 N–H and O–H groups in total. The smallest absolute Gasteiger partial charge is 0.269 e. The fourth-order valence-corrected chi connectivity index (χ4v) is 2.40. The largest absolute Gasteiger partial charge is 0.493 e. The van der Waals surface area contributed by atoms with Crippen LogP contribution in [0.15, 0.2) is 36.5 Å². The number of benzene rings is 1. The summed E-state index contributed by atoms with van der Waals surface area (Å²) in [5.41, 5.74) is 2.39. The summed E-state index contributed by atoms with van der Waals surface area (Å²) in [6.07, 6.45) is 2.38. The molecular formula is C20H27N3O3. The Labute approximate surface area is 154 Å². The molecule has 0 aliphatic heterocycles. The maximum Gasteiger partial charge on any atom is 0.269 e. The van der Waals surface area contributed by atoms with Crippen molar-refractivity contribution in [1.82, 2.24) is 10.3 Å². The van der Waals surface area contributed by atoms with Crippen LogP contribution in [-0.4, -0.2) is 38.2 Å². The molecule has 2 aromatic rings. The van der Waals surface area contributed by atoms with Crippen molar-refractivity contribution in [3.05, 3.63) is 47.8 Å². The number of aromatic nitrogens is 1. The topological polar surface area (TPSA) is 72.5 Å². The molecule has 26 heavy (non-hydrogen) atoms. The minimum absolute atomic E-state index is 0.180. The zero-order valence-electron chi connectivity index (χ0n) is 15.8. The first-order chi connectivity index (χ1) is 12.5. The van der Waals surface area contributed by atoms with Crippen molar-refractivity contribution >= 4 is 11.6 Å². The summed E-state index contributed by atoms with van der Waals surface area (Å²) in [4.78, 5) is 16.4. The maximum atomic E-state index is 12.2. The third kappa shape index (κ3) is 5.65. The van der Waals surface area contributed by atoms with Crippen molar-refractivity contribution in [2.24, 2.45) is 5.92 Å². The number of ether oxygens (including phenoxy) is 2. The summed E-state index contributed by atoms with van der Waals surface area (Å²) in [5.74, 6) is 1.74. The molecule has 0 atom stereocenters. The second kappa shape index (κ2) is 9.65. The third-order valence-corrected chi connectivity index (χ3v) is 3.86. The van der Waals surface area contributed by atoms with E-state index in [1.54, 1.807) is 26.5 Å². The summed E-state index contributed by atoms with van der Waals surface area (Å²) in [6, 6.07) is 9.34. The van der Waals surface area contributed by atoms with Crippen LogP contribution >= 0.6 is 0 Å². The highest BCUT2D eigenvalue weighted by Gasteiger charge is 2.08. The van der Waals surface area contributed by atoms with E-state index in [0.717, 1.165) is 17.8 Å². The monoisotopic (exact) mass is 357 g/mol. The summed E-state index contributed by atoms with van der Waals surface area (Å²) in [6.45, 7) is 5.67. The second-order valence-electron chi connectivity index (χ2n) is 6.40. The SMILES string of the molecule is COc1ccc(CCNC(=O)c2ccc(NCC(C)C)cn2)cc1OC. The van der Waals surface area contributed by atoms with E-state index in [2.05, 4.69) is 29.5 Å². The fourth-order valence-electron chi connectivity index (χ4n) is 2.40. The van der Waals surface area contributed by atoms with Crippen molar-refractivity contribution in [3.63, 3.8) is 0 Å². The molecule has 0 fully saturated rings. The molecule has 1 amide bonds. The number of anilines is 1. The van der Waals surface area contributed by atoms with Gasteiger partial charge < -0.3 is 20.1 Å². The zero-order valence-corrected chi connectivity index (χ0v) is 15.8. The lowest BCUT2D eigenvalue weighted by Gasteiger charge is -2.10. The Morgan fingerprint density at radius 2 is 1.88 bits per heavy atom. The number of nitrogens with one attached hydrogen (secondary N) is 2. The van der Waals surface area contributed by atoms with E-state index in [-0.39, 0.29) is 5.91 Å². The van der Waals surface area contributed by atoms with Gasteiger partial charge in [0.25, 0.3) is 5.91 Å². The van der Waals surface area contributed by atoms with Crippen LogP contribution < -0.4 is 20.1 Å². The van der Waals surface area contributed by atoms with Crippen LogP contribution in [0.1, 0.15) is 29.9 Å². The van der Waals surface area contributed by atoms with Gasteiger partial charge in [-0.25, -0.2) is 4.98 Å². The van der Waals surface area contributed by atoms with Gasteiger partial charge in [-0.05, 0) is 42.2 Å². The number of carbonyl (C=O) groups is 1. The molecule has 2 rings (SSSR count). The Kier molecular flexibility index (Phi) is 7.26. The van der Waals surface area contributed by atoms with Gasteiger partial charge in [0.05, 0.1) is 26.1 Å². The number of hydrogen-bond acceptors (Lipinski definition) is 5. The van der Waals surface area contributed by atoms with Gasteiger partial charge in [0.2, 0.25) is 0 Å². The Balaban J connectivity index is 1.85. The molecule has 0 aliphatic rings. The highest BCUT2D eigenvalue weighted by atomic mass is 16.5. The number of amides is 1. The van der Waals surface area contributed by atoms with Crippen LogP contribution in [0.25, 0.3) is 0 Å². The number of pyridine rings is 1. The molecule has 0 spiro atoms. The highest BCUT2D eigenvalue weighted by Crippen LogP contribution is 2.27. The van der Waals surface area contributed by atoms with Crippen molar-refractivity contribution < 1.29 is 14.3 Å². The first-order valence-electron chi connectivity index (χ1n) is 8.72. The molecule has 0 radical (unpaired) electrons. The van der Waals surface area contributed by atoms with Crippen molar-refractivity contribution in [2.45, 2.75) is 20.3 Å². The lowest BCUT2D eigenvalue weighted by Crippen LogP contribution is -2.26. The molecule has 0 bridgehead atoms. The molecular weight excluding hydrogens is 330 g/mol. The van der Waals surface area contributed by atoms with Gasteiger partial charge in [0.15, 0.2) is 11.5 Å². The number of methoxy groups -OCH3 is 2. The van der Waals surface area contributed by atoms with Crippen LogP contribution in [0, 0.1) is 5.92 Å². The summed E-state index contributed by atoms with van der Waals surface area (Å²) < 4.78 is 10.5. The molecule has 1 heterocycles. The standard InChI is InChI=1S/C20H27N3O3/c1-14(2)12-22-16-6-7-17(23-13-16)20(24)21-10-9-15-5-8-18(25-3)19(11-15)26-4/h5-8,11,13-14,22H,9-10,12H2,1-4H3,(H,21,24). The number of carbonyl (C=O) groups excluding carboxylic acids is 1. The van der Waals surface area contributed by atoms with Crippen LogP contribution in [0.5, 0.6) is 11.5 Å². The minimum Gasteiger partial charge on any atom is -0.493 e. The van der Waals surface area contributed by atoms with E-state index in [0.29, 0.717) is 36.1 Å². The lowest BCUT2D eigenvalue weighted by molar-refractivity contribution is 0.0949. The highest BCUT2D eigenvalue weighted by molar-refractivity contribution is 5.92. The third-order valence-electron chi connectivity index (χ3n) is 3.86. The molecule has 0 aliphatic carbocycles. The van der Waals surface area contributed by atoms with Gasteiger partial charge in [-0.3, -0.25) is 4.79 Å². The van der Waals surface area contributed by atoms with Gasteiger partial charge >= 0.3 is 0 Å². The Hall–Kier alpha value is -2.76. The van der Waals surface area contributed by atoms with E-state index >= 15 is 0 Å². The van der Waals surface area contributed by atoms with Gasteiger partial charge in [0.1, 0.15) is 5.69 Å². The van der Waals surface area contributed by atoms with Crippen molar-refractivity contribution in [3.8, 4) is 11.5 Å². The lowest BCUT2D eigenvalue weighted by atomic mass is 10.1. The quantitative estimate of drug-likeness (QED) is 0.721. The first kappa shape index (κ1) is 19.6. The van der Waals surface area contributed by atoms with E-state index in [1.165, 1.54) is 0 Å². The molecule has 0 unspecified atom stereocenters. The molecule has 1 aromatic heterocycles. The number of rotatable bonds is 9. The van der Waals surface area contributed by atoms with Crippen LogP contribution in [0.4, 0.5) is 5.69 Å². The number of hydrogen-bond donors (Lipinski definition) is 2. The van der Waals surface area contributed by atoms with E-state index in [4.69, 9.17) is 9.47 Å². The van der Waals surface area contributed by atoms with Gasteiger partial charge in [-0.2, -0.15) is 0 Å². The summed E-state index contributed by atoms with van der Waals surface area (Å²) >= 11 is 0. The van der Waals surface area contributed by atoms with Crippen LogP contribution in [-0.2, 0) is 6.42 Å². The summed E-state index contributed by atoms with van der Waals surface area (Å²) in [7, 11) is 3.21. The normalized spacial score (nSPS) is 10.5. The van der Waals surface area contributed by atoms with E-state index < -0.39 is 0 Å². The van der Waals surface area contributed by atoms with E-state index in [9.17, 15) is 4.79 Å². The van der Waals surface area contributed by atoms with Crippen molar-refractivity contribution in [2.75, 3.05) is 32.6 Å². The Bertz CT molecular complexity index is 715. The fraction of sp³-hybridized carbons (Fsp3) is 0.400. The van der Waals surface area contributed by atoms with Crippen LogP contribution in [0.2, 0.25) is 0 Å². The second-order valence-corrected chi connectivity index (χ2v) is 6.40. The summed E-state index contributed by atoms with van der Waals surface area (Å²) in [5, 5.41) is 6.17. The van der Waals surface area contributed by atoms with Crippen LogP contribution in [0.3, 0.4) is 0 Å². The first-order valence-corrected chi connectivity index (χ1v) is 8.72. The molecule has 1 aromatic carbocycles.